The fourth-order valence-corrected chi connectivity index (χ4v) is 3.20. The Kier molecular flexibility index (Phi) is 5.55. The first kappa shape index (κ1) is 17.3. The quantitative estimate of drug-likeness (QED) is 0.806. The highest BCUT2D eigenvalue weighted by Crippen LogP contribution is 2.31. The number of piperazine rings is 1. The highest BCUT2D eigenvalue weighted by molar-refractivity contribution is 5.00. The molecule has 0 spiro atoms. The van der Waals surface area contributed by atoms with E-state index in [1.54, 1.807) is 0 Å². The molecule has 126 valence electrons. The van der Waals surface area contributed by atoms with Crippen LogP contribution in [0.15, 0.2) is 0 Å². The molecule has 0 aromatic carbocycles. The molecular formula is C16H32N6. The molecule has 22 heavy (non-hydrogen) atoms. The SMILES string of the molecule is CCN1CCN([C@@H](c2nnnn2C(C)(C)CC)C(C)C)CC1. The van der Waals surface area contributed by atoms with Gasteiger partial charge in [-0.25, -0.2) is 4.68 Å². The van der Waals surface area contributed by atoms with Crippen molar-refractivity contribution in [1.82, 2.24) is 30.0 Å². The van der Waals surface area contributed by atoms with E-state index in [1.165, 1.54) is 0 Å². The lowest BCUT2D eigenvalue weighted by atomic mass is 9.97. The number of hydrogen-bond acceptors (Lipinski definition) is 5. The van der Waals surface area contributed by atoms with Crippen molar-refractivity contribution in [3.63, 3.8) is 0 Å². The maximum atomic E-state index is 4.41. The van der Waals surface area contributed by atoms with Crippen molar-refractivity contribution in [2.75, 3.05) is 32.7 Å². The lowest BCUT2D eigenvalue weighted by Gasteiger charge is -2.40. The van der Waals surface area contributed by atoms with Gasteiger partial charge in [-0.15, -0.1) is 5.10 Å². The van der Waals surface area contributed by atoms with Gasteiger partial charge < -0.3 is 4.90 Å². The van der Waals surface area contributed by atoms with Gasteiger partial charge in [0.25, 0.3) is 0 Å². The fraction of sp³-hybridized carbons (Fsp3) is 0.938. The molecular weight excluding hydrogens is 276 g/mol. The monoisotopic (exact) mass is 308 g/mol. The maximum absolute atomic E-state index is 4.41. The van der Waals surface area contributed by atoms with Crippen molar-refractivity contribution in [2.45, 2.75) is 59.5 Å². The molecule has 1 atom stereocenters. The molecule has 6 heteroatoms. The molecule has 1 saturated heterocycles. The number of rotatable bonds is 6. The molecule has 2 rings (SSSR count). The molecule has 0 N–H and O–H groups in total. The van der Waals surface area contributed by atoms with Gasteiger partial charge in [0.2, 0.25) is 0 Å². The van der Waals surface area contributed by atoms with Gasteiger partial charge in [0.05, 0.1) is 11.6 Å². The van der Waals surface area contributed by atoms with Crippen LogP contribution in [0.2, 0.25) is 0 Å². The average Bonchev–Trinajstić information content (AvgIpc) is 2.98. The molecule has 0 bridgehead atoms. The van der Waals surface area contributed by atoms with Crippen molar-refractivity contribution in [3.8, 4) is 0 Å². The highest BCUT2D eigenvalue weighted by atomic mass is 15.6. The topological polar surface area (TPSA) is 50.1 Å². The maximum Gasteiger partial charge on any atom is 0.169 e. The Bertz CT molecular complexity index is 459. The molecule has 0 radical (unpaired) electrons. The van der Waals surface area contributed by atoms with Crippen LogP contribution in [-0.2, 0) is 5.54 Å². The number of tetrazole rings is 1. The van der Waals surface area contributed by atoms with Crippen molar-refractivity contribution in [1.29, 1.82) is 0 Å². The number of aromatic nitrogens is 4. The van der Waals surface area contributed by atoms with Crippen LogP contribution in [0.4, 0.5) is 0 Å². The zero-order chi connectivity index (χ0) is 16.3. The predicted octanol–water partition coefficient (Wildman–Crippen LogP) is 2.15. The summed E-state index contributed by atoms with van der Waals surface area (Å²) in [4.78, 5) is 5.07. The Hall–Kier alpha value is -1.01. The summed E-state index contributed by atoms with van der Waals surface area (Å²) in [5, 5.41) is 12.7. The van der Waals surface area contributed by atoms with E-state index in [4.69, 9.17) is 0 Å². The molecule has 1 aliphatic rings. The average molecular weight is 308 g/mol. The van der Waals surface area contributed by atoms with E-state index in [2.05, 4.69) is 66.9 Å². The van der Waals surface area contributed by atoms with Crippen molar-refractivity contribution in [3.05, 3.63) is 5.82 Å². The summed E-state index contributed by atoms with van der Waals surface area (Å²) in [6.45, 7) is 19.0. The van der Waals surface area contributed by atoms with Gasteiger partial charge in [-0.3, -0.25) is 4.90 Å². The number of hydrogen-bond donors (Lipinski definition) is 0. The molecule has 1 aliphatic heterocycles. The van der Waals surface area contributed by atoms with Crippen LogP contribution in [0, 0.1) is 5.92 Å². The fourth-order valence-electron chi connectivity index (χ4n) is 3.20. The molecule has 6 nitrogen and oxygen atoms in total. The molecule has 2 heterocycles. The molecule has 0 saturated carbocycles. The van der Waals surface area contributed by atoms with Gasteiger partial charge in [-0.1, -0.05) is 27.7 Å². The smallest absolute Gasteiger partial charge is 0.169 e. The number of nitrogens with zero attached hydrogens (tertiary/aromatic N) is 6. The zero-order valence-corrected chi connectivity index (χ0v) is 15.1. The number of likely N-dealkylation sites (N-methyl/N-ethyl adjacent to an activating group) is 1. The third kappa shape index (κ3) is 3.49. The second kappa shape index (κ2) is 7.04. The molecule has 0 aliphatic carbocycles. The third-order valence-corrected chi connectivity index (χ3v) is 5.08. The normalized spacial score (nSPS) is 19.8. The summed E-state index contributed by atoms with van der Waals surface area (Å²) >= 11 is 0. The van der Waals surface area contributed by atoms with Gasteiger partial charge in [0.15, 0.2) is 5.82 Å². The second-order valence-electron chi connectivity index (χ2n) is 7.27. The first-order valence-corrected chi connectivity index (χ1v) is 8.65. The largest absolute Gasteiger partial charge is 0.301 e. The van der Waals surface area contributed by atoms with E-state index in [0.717, 1.165) is 45.0 Å². The van der Waals surface area contributed by atoms with Gasteiger partial charge in [-0.05, 0) is 43.2 Å². The molecule has 1 aromatic rings. The highest BCUT2D eigenvalue weighted by Gasteiger charge is 2.34. The van der Waals surface area contributed by atoms with Crippen LogP contribution in [0.3, 0.4) is 0 Å². The first-order chi connectivity index (χ1) is 10.4. The summed E-state index contributed by atoms with van der Waals surface area (Å²) in [5.74, 6) is 1.51. The van der Waals surface area contributed by atoms with Crippen LogP contribution < -0.4 is 0 Å². The lowest BCUT2D eigenvalue weighted by molar-refractivity contribution is 0.0687. The van der Waals surface area contributed by atoms with E-state index >= 15 is 0 Å². The van der Waals surface area contributed by atoms with Gasteiger partial charge in [0.1, 0.15) is 0 Å². The Labute approximate surface area is 134 Å². The zero-order valence-electron chi connectivity index (χ0n) is 15.1. The Morgan fingerprint density at radius 2 is 1.73 bits per heavy atom. The standard InChI is InChI=1S/C16H32N6/c1-7-16(5,6)22-15(17-18-19-22)14(13(3)4)21-11-9-20(8-2)10-12-21/h13-14H,7-12H2,1-6H3/t14-/m1/s1. The minimum atomic E-state index is -0.0444. The van der Waals surface area contributed by atoms with Crippen molar-refractivity contribution >= 4 is 0 Å². The summed E-state index contributed by atoms with van der Waals surface area (Å²) in [6.07, 6.45) is 1.01. The predicted molar refractivity (Wildman–Crippen MR) is 88.7 cm³/mol. The first-order valence-electron chi connectivity index (χ1n) is 8.65. The Morgan fingerprint density at radius 1 is 1.09 bits per heavy atom. The summed E-state index contributed by atoms with van der Waals surface area (Å²) in [5.41, 5.74) is -0.0444. The van der Waals surface area contributed by atoms with E-state index < -0.39 is 0 Å². The van der Waals surface area contributed by atoms with Gasteiger partial charge >= 0.3 is 0 Å². The van der Waals surface area contributed by atoms with Crippen LogP contribution in [0.5, 0.6) is 0 Å². The third-order valence-electron chi connectivity index (χ3n) is 5.08. The van der Waals surface area contributed by atoms with Gasteiger partial charge in [0, 0.05) is 26.2 Å². The molecule has 0 unspecified atom stereocenters. The van der Waals surface area contributed by atoms with E-state index in [1.807, 2.05) is 4.68 Å². The van der Waals surface area contributed by atoms with E-state index in [-0.39, 0.29) is 5.54 Å². The van der Waals surface area contributed by atoms with Crippen molar-refractivity contribution in [2.24, 2.45) is 5.92 Å². The Balaban J connectivity index is 2.25. The second-order valence-corrected chi connectivity index (χ2v) is 7.27. The molecule has 1 fully saturated rings. The lowest BCUT2D eigenvalue weighted by Crippen LogP contribution is -2.49. The van der Waals surface area contributed by atoms with Gasteiger partial charge in [-0.2, -0.15) is 0 Å². The minimum Gasteiger partial charge on any atom is -0.301 e. The summed E-state index contributed by atoms with van der Waals surface area (Å²) < 4.78 is 2.05. The van der Waals surface area contributed by atoms with E-state index in [0.29, 0.717) is 12.0 Å². The minimum absolute atomic E-state index is 0.0444. The summed E-state index contributed by atoms with van der Waals surface area (Å²) in [7, 11) is 0. The molecule has 0 amide bonds. The van der Waals surface area contributed by atoms with Crippen LogP contribution in [0.1, 0.15) is 59.8 Å². The van der Waals surface area contributed by atoms with Crippen LogP contribution >= 0.6 is 0 Å². The van der Waals surface area contributed by atoms with E-state index in [9.17, 15) is 0 Å². The van der Waals surface area contributed by atoms with Crippen molar-refractivity contribution < 1.29 is 0 Å². The summed E-state index contributed by atoms with van der Waals surface area (Å²) in [6, 6.07) is 0.292. The van der Waals surface area contributed by atoms with Crippen LogP contribution in [-0.4, -0.2) is 62.7 Å². The molecule has 1 aromatic heterocycles. The van der Waals surface area contributed by atoms with Crippen LogP contribution in [0.25, 0.3) is 0 Å². The Morgan fingerprint density at radius 3 is 2.23 bits per heavy atom.